The van der Waals surface area contributed by atoms with Gasteiger partial charge in [0.1, 0.15) is 5.82 Å². The fourth-order valence-electron chi connectivity index (χ4n) is 3.91. The van der Waals surface area contributed by atoms with Crippen LogP contribution in [0.1, 0.15) is 12.5 Å². The average Bonchev–Trinajstić information content (AvgIpc) is 3.27. The number of aromatic nitrogens is 3. The number of benzene rings is 3. The van der Waals surface area contributed by atoms with E-state index in [0.717, 1.165) is 5.56 Å². The highest BCUT2D eigenvalue weighted by Crippen LogP contribution is 2.24. The summed E-state index contributed by atoms with van der Waals surface area (Å²) in [5, 5.41) is 3.23. The Morgan fingerprint density at radius 1 is 0.865 bits per heavy atom. The molecule has 0 bridgehead atoms. The summed E-state index contributed by atoms with van der Waals surface area (Å²) in [4.78, 5) is 22.2. The molecule has 0 spiro atoms. The van der Waals surface area contributed by atoms with Crippen LogP contribution in [0, 0.1) is 0 Å². The van der Waals surface area contributed by atoms with Gasteiger partial charge in [0.25, 0.3) is 15.6 Å². The van der Waals surface area contributed by atoms with Crippen molar-refractivity contribution < 1.29 is 8.42 Å². The maximum Gasteiger partial charge on any atom is 0.280 e. The highest BCUT2D eigenvalue weighted by atomic mass is 32.2. The first-order valence-corrected chi connectivity index (χ1v) is 13.0. The van der Waals surface area contributed by atoms with Crippen molar-refractivity contribution >= 4 is 27.2 Å². The van der Waals surface area contributed by atoms with Crippen molar-refractivity contribution in [2.75, 3.05) is 4.72 Å². The lowest BCUT2D eigenvalue weighted by Gasteiger charge is -2.07. The molecule has 37 heavy (non-hydrogen) atoms. The summed E-state index contributed by atoms with van der Waals surface area (Å²) in [6.07, 6.45) is 1.51. The predicted octanol–water partition coefficient (Wildman–Crippen LogP) is 5.17. The average molecular weight is 510 g/mol. The van der Waals surface area contributed by atoms with E-state index in [1.165, 1.54) is 23.0 Å². The van der Waals surface area contributed by atoms with E-state index in [1.54, 1.807) is 37.3 Å². The second-order valence-electron chi connectivity index (χ2n) is 8.22. The van der Waals surface area contributed by atoms with Gasteiger partial charge in [0.05, 0.1) is 33.2 Å². The predicted molar refractivity (Wildman–Crippen MR) is 145 cm³/mol. The van der Waals surface area contributed by atoms with Crippen molar-refractivity contribution in [2.24, 2.45) is 4.99 Å². The molecule has 9 heteroatoms. The molecule has 0 atom stereocenters. The number of hydrogen-bond acceptors (Lipinski definition) is 5. The molecular formula is C28H23N5O3S. The first-order chi connectivity index (χ1) is 17.9. The van der Waals surface area contributed by atoms with E-state index in [0.29, 0.717) is 28.3 Å². The van der Waals surface area contributed by atoms with Gasteiger partial charge in [0.15, 0.2) is 0 Å². The molecule has 0 aliphatic rings. The molecule has 3 aromatic carbocycles. The molecule has 5 aromatic rings. The summed E-state index contributed by atoms with van der Waals surface area (Å²) in [5.74, 6) is 0.232. The number of aliphatic imine (C=N–C) groups is 1. The molecule has 5 rings (SSSR count). The van der Waals surface area contributed by atoms with Gasteiger partial charge in [-0.05, 0) is 55.5 Å². The van der Waals surface area contributed by atoms with Crippen LogP contribution in [-0.2, 0) is 10.0 Å². The smallest absolute Gasteiger partial charge is 0.280 e. The fourth-order valence-corrected chi connectivity index (χ4v) is 4.92. The van der Waals surface area contributed by atoms with Crippen molar-refractivity contribution in [1.29, 1.82) is 0 Å². The van der Waals surface area contributed by atoms with Gasteiger partial charge in [-0.1, -0.05) is 54.6 Å². The Balaban J connectivity index is 1.51. The van der Waals surface area contributed by atoms with E-state index in [9.17, 15) is 13.2 Å². The van der Waals surface area contributed by atoms with E-state index in [2.05, 4.69) is 19.8 Å². The van der Waals surface area contributed by atoms with Gasteiger partial charge in [-0.25, -0.2) is 18.1 Å². The Kier molecular flexibility index (Phi) is 6.53. The van der Waals surface area contributed by atoms with Crippen LogP contribution in [0.3, 0.4) is 0 Å². The Morgan fingerprint density at radius 3 is 2.16 bits per heavy atom. The van der Waals surface area contributed by atoms with Gasteiger partial charge >= 0.3 is 0 Å². The maximum absolute atomic E-state index is 13.5. The zero-order valence-electron chi connectivity index (χ0n) is 19.9. The standard InChI is InChI=1S/C28H23N5O3S/c1-20(30-22-15-17-24(18-16-22)37(35,36)32-25-14-8-9-19-29-25)26-27(21-10-4-2-5-11-21)31-33(28(26)34)23-12-6-3-7-13-23/h2-19,31H,1H3,(H,29,32). The molecular weight excluding hydrogens is 486 g/mol. The Hall–Kier alpha value is -4.76. The summed E-state index contributed by atoms with van der Waals surface area (Å²) >= 11 is 0. The van der Waals surface area contributed by atoms with Crippen LogP contribution < -0.4 is 10.3 Å². The summed E-state index contributed by atoms with van der Waals surface area (Å²) in [6, 6.07) is 30.0. The zero-order valence-corrected chi connectivity index (χ0v) is 20.7. The molecule has 0 saturated heterocycles. The molecule has 8 nitrogen and oxygen atoms in total. The number of sulfonamides is 1. The van der Waals surface area contributed by atoms with Crippen LogP contribution in [0.5, 0.6) is 0 Å². The quantitative estimate of drug-likeness (QED) is 0.295. The van der Waals surface area contributed by atoms with Crippen LogP contribution in [-0.4, -0.2) is 28.9 Å². The SMILES string of the molecule is CC(=Nc1ccc(S(=O)(=O)Nc2ccccn2)cc1)c1c(-c2ccccc2)[nH]n(-c2ccccc2)c1=O. The van der Waals surface area contributed by atoms with Gasteiger partial charge in [-0.2, -0.15) is 0 Å². The minimum Gasteiger partial charge on any atom is -0.290 e. The summed E-state index contributed by atoms with van der Waals surface area (Å²) < 4.78 is 29.4. The number of para-hydroxylation sites is 1. The van der Waals surface area contributed by atoms with Gasteiger partial charge in [0, 0.05) is 11.8 Å². The second kappa shape index (κ2) is 10.1. The van der Waals surface area contributed by atoms with Crippen LogP contribution in [0.15, 0.2) is 124 Å². The molecule has 0 amide bonds. The van der Waals surface area contributed by atoms with Gasteiger partial charge in [-0.15, -0.1) is 0 Å². The van der Waals surface area contributed by atoms with Crippen LogP contribution in [0.25, 0.3) is 16.9 Å². The normalized spacial score (nSPS) is 11.9. The molecule has 0 radical (unpaired) electrons. The third kappa shape index (κ3) is 5.12. The van der Waals surface area contributed by atoms with Crippen molar-refractivity contribution in [3.05, 3.63) is 125 Å². The Bertz CT molecular complexity index is 1710. The fraction of sp³-hybridized carbons (Fsp3) is 0.0357. The number of aromatic amines is 1. The number of H-pyrrole nitrogens is 1. The van der Waals surface area contributed by atoms with E-state index >= 15 is 0 Å². The van der Waals surface area contributed by atoms with E-state index in [4.69, 9.17) is 0 Å². The Morgan fingerprint density at radius 2 is 1.51 bits per heavy atom. The van der Waals surface area contributed by atoms with Crippen LogP contribution in [0.4, 0.5) is 11.5 Å². The molecule has 0 aliphatic carbocycles. The first-order valence-electron chi connectivity index (χ1n) is 11.5. The van der Waals surface area contributed by atoms with Gasteiger partial charge in [-0.3, -0.25) is 19.6 Å². The lowest BCUT2D eigenvalue weighted by molar-refractivity contribution is 0.601. The molecule has 0 aliphatic heterocycles. The van der Waals surface area contributed by atoms with Crippen molar-refractivity contribution in [3.63, 3.8) is 0 Å². The minimum absolute atomic E-state index is 0.0767. The summed E-state index contributed by atoms with van der Waals surface area (Å²) in [5.41, 5.74) is 3.42. The first kappa shape index (κ1) is 24.0. The van der Waals surface area contributed by atoms with Crippen molar-refractivity contribution in [1.82, 2.24) is 14.8 Å². The lowest BCUT2D eigenvalue weighted by Crippen LogP contribution is -2.19. The third-order valence-corrected chi connectivity index (χ3v) is 7.05. The number of nitrogens with one attached hydrogen (secondary N) is 2. The highest BCUT2D eigenvalue weighted by Gasteiger charge is 2.20. The van der Waals surface area contributed by atoms with E-state index in [-0.39, 0.29) is 16.3 Å². The lowest BCUT2D eigenvalue weighted by atomic mass is 10.1. The van der Waals surface area contributed by atoms with Crippen molar-refractivity contribution in [2.45, 2.75) is 11.8 Å². The molecule has 0 unspecified atom stereocenters. The topological polar surface area (TPSA) is 109 Å². The number of rotatable bonds is 7. The molecule has 2 heterocycles. The monoisotopic (exact) mass is 509 g/mol. The van der Waals surface area contributed by atoms with E-state index < -0.39 is 10.0 Å². The number of pyridine rings is 1. The number of hydrogen-bond donors (Lipinski definition) is 2. The second-order valence-corrected chi connectivity index (χ2v) is 9.90. The van der Waals surface area contributed by atoms with Gasteiger partial charge < -0.3 is 0 Å². The molecule has 2 aromatic heterocycles. The molecule has 0 fully saturated rings. The summed E-state index contributed by atoms with van der Waals surface area (Å²) in [6.45, 7) is 1.76. The van der Waals surface area contributed by atoms with E-state index in [1.807, 2.05) is 60.7 Å². The largest absolute Gasteiger partial charge is 0.290 e. The molecule has 2 N–H and O–H groups in total. The third-order valence-electron chi connectivity index (χ3n) is 5.68. The maximum atomic E-state index is 13.5. The summed E-state index contributed by atoms with van der Waals surface area (Å²) in [7, 11) is -3.81. The van der Waals surface area contributed by atoms with Crippen molar-refractivity contribution in [3.8, 4) is 16.9 Å². The number of nitrogens with zero attached hydrogens (tertiary/aromatic N) is 3. The molecule has 0 saturated carbocycles. The Labute approximate surface area is 214 Å². The van der Waals surface area contributed by atoms with Gasteiger partial charge in [0.2, 0.25) is 0 Å². The van der Waals surface area contributed by atoms with Crippen LogP contribution >= 0.6 is 0 Å². The van der Waals surface area contributed by atoms with Crippen LogP contribution in [0.2, 0.25) is 0 Å². The molecule has 184 valence electrons. The highest BCUT2D eigenvalue weighted by molar-refractivity contribution is 7.92. The minimum atomic E-state index is -3.81. The zero-order chi connectivity index (χ0) is 25.8. The number of anilines is 1.